The molecule has 0 saturated heterocycles. The maximum Gasteiger partial charge on any atom is 0.251 e. The third-order valence-corrected chi connectivity index (χ3v) is 7.85. The molecule has 2 N–H and O–H groups in total. The lowest BCUT2D eigenvalue weighted by atomic mass is 9.91. The lowest BCUT2D eigenvalue weighted by Crippen LogP contribution is -2.45. The van der Waals surface area contributed by atoms with Crippen molar-refractivity contribution in [3.63, 3.8) is 0 Å². The smallest absolute Gasteiger partial charge is 0.251 e. The number of carbonyl (C=O) groups excluding carboxylic acids is 2. The number of hydrogen-bond acceptors (Lipinski definition) is 7. The lowest BCUT2D eigenvalue weighted by Gasteiger charge is -2.34. The Balaban J connectivity index is 1.36. The molecule has 2 amide bonds. The number of amides is 2. The van der Waals surface area contributed by atoms with Crippen molar-refractivity contribution in [2.45, 2.75) is 52.0 Å². The zero-order valence-electron chi connectivity index (χ0n) is 23.7. The van der Waals surface area contributed by atoms with Crippen LogP contribution in [0.5, 0.6) is 5.75 Å². The maximum absolute atomic E-state index is 13.3. The molecule has 9 heteroatoms. The maximum atomic E-state index is 13.3. The molecule has 2 heterocycles. The molecule has 0 unspecified atom stereocenters. The minimum Gasteiger partial charge on any atom is -0.495 e. The Morgan fingerprint density at radius 3 is 2.60 bits per heavy atom. The van der Waals surface area contributed by atoms with E-state index in [1.807, 2.05) is 44.2 Å². The Morgan fingerprint density at radius 1 is 1.12 bits per heavy atom. The van der Waals surface area contributed by atoms with Gasteiger partial charge in [-0.2, -0.15) is 4.98 Å². The van der Waals surface area contributed by atoms with Crippen LogP contribution >= 0.6 is 0 Å². The Kier molecular flexibility index (Phi) is 7.91. The highest BCUT2D eigenvalue weighted by Crippen LogP contribution is 2.40. The van der Waals surface area contributed by atoms with E-state index in [2.05, 4.69) is 20.5 Å². The SMILES string of the molecule is COc1cc(C(=O)NCCc2ccccc2)ccc1Nc1ncc2c(n1)N(C1CCCC1)CC(C)(C)C(=O)N2C. The van der Waals surface area contributed by atoms with E-state index in [0.717, 1.165) is 25.1 Å². The summed E-state index contributed by atoms with van der Waals surface area (Å²) in [5.41, 5.74) is 2.49. The second kappa shape index (κ2) is 11.5. The number of anilines is 4. The highest BCUT2D eigenvalue weighted by molar-refractivity contribution is 6.01. The normalized spacial score (nSPS) is 16.9. The summed E-state index contributed by atoms with van der Waals surface area (Å²) < 4.78 is 5.61. The molecule has 3 aromatic rings. The molecule has 9 nitrogen and oxygen atoms in total. The topological polar surface area (TPSA) is 99.7 Å². The van der Waals surface area contributed by atoms with Crippen molar-refractivity contribution in [2.24, 2.45) is 5.41 Å². The molecule has 1 fully saturated rings. The predicted molar refractivity (Wildman–Crippen MR) is 158 cm³/mol. The molecule has 1 aliphatic carbocycles. The van der Waals surface area contributed by atoms with Gasteiger partial charge in [0.2, 0.25) is 11.9 Å². The first kappa shape index (κ1) is 27.4. The van der Waals surface area contributed by atoms with Crippen molar-refractivity contribution < 1.29 is 14.3 Å². The summed E-state index contributed by atoms with van der Waals surface area (Å²) in [4.78, 5) is 39.5. The second-order valence-electron chi connectivity index (χ2n) is 11.2. The van der Waals surface area contributed by atoms with Crippen LogP contribution < -0.4 is 25.2 Å². The average molecular weight is 543 g/mol. The van der Waals surface area contributed by atoms with Crippen molar-refractivity contribution in [1.29, 1.82) is 0 Å². The van der Waals surface area contributed by atoms with E-state index in [9.17, 15) is 9.59 Å². The van der Waals surface area contributed by atoms with Crippen molar-refractivity contribution in [2.75, 3.05) is 42.4 Å². The fraction of sp³-hybridized carbons (Fsp3) is 0.419. The zero-order chi connectivity index (χ0) is 28.3. The highest BCUT2D eigenvalue weighted by atomic mass is 16.5. The number of ether oxygens (including phenoxy) is 1. The number of rotatable bonds is 8. The summed E-state index contributed by atoms with van der Waals surface area (Å²) >= 11 is 0. The van der Waals surface area contributed by atoms with Crippen LogP contribution in [-0.4, -0.2) is 55.1 Å². The van der Waals surface area contributed by atoms with Crippen LogP contribution in [0.2, 0.25) is 0 Å². The Hall–Kier alpha value is -4.14. The van der Waals surface area contributed by atoms with Gasteiger partial charge < -0.3 is 25.2 Å². The number of carbonyl (C=O) groups is 2. The van der Waals surface area contributed by atoms with Gasteiger partial charge in [-0.05, 0) is 56.9 Å². The molecule has 1 saturated carbocycles. The second-order valence-corrected chi connectivity index (χ2v) is 11.2. The Labute approximate surface area is 236 Å². The average Bonchev–Trinajstić information content (AvgIpc) is 3.48. The number of nitrogens with zero attached hydrogens (tertiary/aromatic N) is 4. The molecule has 1 aliphatic heterocycles. The summed E-state index contributed by atoms with van der Waals surface area (Å²) in [5, 5.41) is 6.25. The molecule has 1 aromatic heterocycles. The first-order valence-corrected chi connectivity index (χ1v) is 14.0. The first-order valence-electron chi connectivity index (χ1n) is 14.0. The summed E-state index contributed by atoms with van der Waals surface area (Å²) in [5.74, 6) is 1.57. The van der Waals surface area contributed by atoms with Gasteiger partial charge in [0.25, 0.3) is 5.91 Å². The monoisotopic (exact) mass is 542 g/mol. The van der Waals surface area contributed by atoms with Gasteiger partial charge in [0.1, 0.15) is 11.4 Å². The van der Waals surface area contributed by atoms with E-state index in [0.29, 0.717) is 47.8 Å². The summed E-state index contributed by atoms with van der Waals surface area (Å²) in [6.07, 6.45) is 7.01. The Morgan fingerprint density at radius 2 is 1.88 bits per heavy atom. The summed E-state index contributed by atoms with van der Waals surface area (Å²) in [6.45, 7) is 5.13. The van der Waals surface area contributed by atoms with Crippen LogP contribution in [0.4, 0.5) is 23.1 Å². The number of benzene rings is 2. The zero-order valence-corrected chi connectivity index (χ0v) is 23.7. The molecule has 0 bridgehead atoms. The molecular weight excluding hydrogens is 504 g/mol. The van der Waals surface area contributed by atoms with Crippen molar-refractivity contribution in [1.82, 2.24) is 15.3 Å². The molecule has 2 aromatic carbocycles. The van der Waals surface area contributed by atoms with E-state index in [1.54, 1.807) is 43.5 Å². The quantitative estimate of drug-likeness (QED) is 0.415. The fourth-order valence-corrected chi connectivity index (χ4v) is 5.65. The minimum atomic E-state index is -0.549. The third kappa shape index (κ3) is 5.73. The van der Waals surface area contributed by atoms with E-state index in [1.165, 1.54) is 18.4 Å². The van der Waals surface area contributed by atoms with Crippen LogP contribution in [0, 0.1) is 5.41 Å². The van der Waals surface area contributed by atoms with Gasteiger partial charge in [-0.25, -0.2) is 4.98 Å². The van der Waals surface area contributed by atoms with Crippen LogP contribution in [0.25, 0.3) is 0 Å². The highest BCUT2D eigenvalue weighted by Gasteiger charge is 2.41. The third-order valence-electron chi connectivity index (χ3n) is 7.85. The van der Waals surface area contributed by atoms with Crippen molar-refractivity contribution in [3.05, 3.63) is 65.9 Å². The minimum absolute atomic E-state index is 0.0536. The number of fused-ring (bicyclic) bond motifs is 1. The standard InChI is InChI=1S/C31H38N6O3/c1-31(2)20-37(23-12-8-9-13-23)27-25(36(3)29(31)39)19-33-30(35-27)34-24-15-14-22(18-26(24)40-4)28(38)32-17-16-21-10-6-5-7-11-21/h5-7,10-11,14-15,18-19,23H,8-9,12-13,16-17,20H2,1-4H3,(H,32,38)(H,33,34,35). The van der Waals surface area contributed by atoms with E-state index < -0.39 is 5.41 Å². The molecule has 2 aliphatic rings. The van der Waals surface area contributed by atoms with Crippen molar-refractivity contribution >= 4 is 35.0 Å². The summed E-state index contributed by atoms with van der Waals surface area (Å²) in [7, 11) is 3.37. The van der Waals surface area contributed by atoms with Gasteiger partial charge in [0.05, 0.1) is 24.4 Å². The Bertz CT molecular complexity index is 1370. The van der Waals surface area contributed by atoms with Gasteiger partial charge in [-0.1, -0.05) is 43.2 Å². The van der Waals surface area contributed by atoms with E-state index in [-0.39, 0.29) is 11.8 Å². The van der Waals surface area contributed by atoms with E-state index in [4.69, 9.17) is 9.72 Å². The largest absolute Gasteiger partial charge is 0.495 e. The molecule has 0 atom stereocenters. The van der Waals surface area contributed by atoms with Gasteiger partial charge in [-0.3, -0.25) is 9.59 Å². The van der Waals surface area contributed by atoms with Crippen LogP contribution in [0.1, 0.15) is 55.5 Å². The molecule has 0 radical (unpaired) electrons. The molecule has 0 spiro atoms. The van der Waals surface area contributed by atoms with Gasteiger partial charge >= 0.3 is 0 Å². The number of aromatic nitrogens is 2. The van der Waals surface area contributed by atoms with Crippen LogP contribution in [0.15, 0.2) is 54.7 Å². The number of hydrogen-bond donors (Lipinski definition) is 2. The molecular formula is C31H38N6O3. The number of nitrogens with one attached hydrogen (secondary N) is 2. The predicted octanol–water partition coefficient (Wildman–Crippen LogP) is 4.95. The van der Waals surface area contributed by atoms with Crippen LogP contribution in [0.3, 0.4) is 0 Å². The van der Waals surface area contributed by atoms with Crippen LogP contribution in [-0.2, 0) is 11.2 Å². The van der Waals surface area contributed by atoms with Crippen molar-refractivity contribution in [3.8, 4) is 5.75 Å². The van der Waals surface area contributed by atoms with E-state index >= 15 is 0 Å². The molecule has 5 rings (SSSR count). The van der Waals surface area contributed by atoms with Gasteiger partial charge in [0, 0.05) is 31.7 Å². The summed E-state index contributed by atoms with van der Waals surface area (Å²) in [6, 6.07) is 15.7. The van der Waals surface area contributed by atoms with Gasteiger partial charge in [0.15, 0.2) is 5.82 Å². The first-order chi connectivity index (χ1) is 19.3. The number of methoxy groups -OCH3 is 1. The molecule has 40 heavy (non-hydrogen) atoms. The lowest BCUT2D eigenvalue weighted by molar-refractivity contribution is -0.125. The van der Waals surface area contributed by atoms with Gasteiger partial charge in [-0.15, -0.1) is 0 Å². The molecule has 210 valence electrons. The fourth-order valence-electron chi connectivity index (χ4n) is 5.65.